The fourth-order valence-electron chi connectivity index (χ4n) is 2.47. The maximum atomic E-state index is 12.2. The van der Waals surface area contributed by atoms with Crippen molar-refractivity contribution in [1.29, 1.82) is 5.26 Å². The largest absolute Gasteiger partial charge is 0.348 e. The van der Waals surface area contributed by atoms with E-state index in [1.165, 1.54) is 17.8 Å². The molecule has 1 aliphatic carbocycles. The number of halogens is 1. The predicted molar refractivity (Wildman–Crippen MR) is 85.2 cm³/mol. The first kappa shape index (κ1) is 15.3. The molecule has 0 saturated heterocycles. The van der Waals surface area contributed by atoms with Crippen molar-refractivity contribution in [1.82, 2.24) is 5.32 Å². The standard InChI is InChI=1S/C15H17BrN2OS/c1-10-4-2-3-5-14(10)18-15(19)11(8-17)6-13-7-12(16)9-20-13/h6-7,9-10,14H,2-5H2,1H3,(H,18,19)/b11-6+/t10-,14-/m1/s1. The first-order chi connectivity index (χ1) is 9.60. The summed E-state index contributed by atoms with van der Waals surface area (Å²) in [5, 5.41) is 14.1. The third kappa shape index (κ3) is 3.94. The van der Waals surface area contributed by atoms with Crippen molar-refractivity contribution in [2.24, 2.45) is 5.92 Å². The van der Waals surface area contributed by atoms with Gasteiger partial charge in [-0.1, -0.05) is 19.8 Å². The predicted octanol–water partition coefficient (Wildman–Crippen LogP) is 4.11. The Balaban J connectivity index is 2.06. The number of carbonyl (C=O) groups is 1. The van der Waals surface area contributed by atoms with E-state index in [0.29, 0.717) is 5.92 Å². The first-order valence-electron chi connectivity index (χ1n) is 6.77. The second kappa shape index (κ2) is 7.05. The van der Waals surface area contributed by atoms with E-state index < -0.39 is 0 Å². The Labute approximate surface area is 131 Å². The summed E-state index contributed by atoms with van der Waals surface area (Å²) in [7, 11) is 0. The summed E-state index contributed by atoms with van der Waals surface area (Å²) in [6.07, 6.45) is 6.19. The van der Waals surface area contributed by atoms with Gasteiger partial charge in [-0.2, -0.15) is 5.26 Å². The quantitative estimate of drug-likeness (QED) is 0.657. The van der Waals surface area contributed by atoms with Crippen molar-refractivity contribution in [3.05, 3.63) is 26.4 Å². The molecule has 0 bridgehead atoms. The fraction of sp³-hybridized carbons (Fsp3) is 0.467. The van der Waals surface area contributed by atoms with Crippen LogP contribution in [0.25, 0.3) is 6.08 Å². The van der Waals surface area contributed by atoms with Gasteiger partial charge in [0.2, 0.25) is 0 Å². The molecule has 0 unspecified atom stereocenters. The van der Waals surface area contributed by atoms with Crippen LogP contribution < -0.4 is 5.32 Å². The molecule has 1 amide bonds. The summed E-state index contributed by atoms with van der Waals surface area (Å²) < 4.78 is 0.965. The topological polar surface area (TPSA) is 52.9 Å². The molecule has 0 aromatic carbocycles. The molecule has 5 heteroatoms. The zero-order chi connectivity index (χ0) is 14.5. The molecule has 1 heterocycles. The Bertz CT molecular complexity index is 558. The molecule has 0 radical (unpaired) electrons. The maximum Gasteiger partial charge on any atom is 0.262 e. The molecule has 0 spiro atoms. The van der Waals surface area contributed by atoms with E-state index in [0.717, 1.165) is 28.6 Å². The molecule has 20 heavy (non-hydrogen) atoms. The van der Waals surface area contributed by atoms with Crippen molar-refractivity contribution in [2.75, 3.05) is 0 Å². The van der Waals surface area contributed by atoms with Crippen molar-refractivity contribution >= 4 is 39.2 Å². The van der Waals surface area contributed by atoms with Gasteiger partial charge >= 0.3 is 0 Å². The lowest BCUT2D eigenvalue weighted by atomic mass is 9.86. The zero-order valence-electron chi connectivity index (χ0n) is 11.4. The van der Waals surface area contributed by atoms with E-state index in [9.17, 15) is 10.1 Å². The highest BCUT2D eigenvalue weighted by Gasteiger charge is 2.24. The van der Waals surface area contributed by atoms with E-state index in [1.54, 1.807) is 6.08 Å². The van der Waals surface area contributed by atoms with Gasteiger partial charge in [0, 0.05) is 20.8 Å². The van der Waals surface area contributed by atoms with Crippen LogP contribution in [-0.2, 0) is 4.79 Å². The highest BCUT2D eigenvalue weighted by molar-refractivity contribution is 9.10. The molecular formula is C15H17BrN2OS. The molecule has 1 N–H and O–H groups in total. The molecule has 3 nitrogen and oxygen atoms in total. The average Bonchev–Trinajstić information content (AvgIpc) is 2.84. The Morgan fingerprint density at radius 1 is 1.55 bits per heavy atom. The van der Waals surface area contributed by atoms with E-state index in [1.807, 2.05) is 17.5 Å². The van der Waals surface area contributed by atoms with Crippen molar-refractivity contribution < 1.29 is 4.79 Å². The van der Waals surface area contributed by atoms with Gasteiger partial charge in [-0.05, 0) is 46.8 Å². The van der Waals surface area contributed by atoms with Gasteiger partial charge < -0.3 is 5.32 Å². The Hall–Kier alpha value is -1.12. The lowest BCUT2D eigenvalue weighted by Crippen LogP contribution is -2.41. The van der Waals surface area contributed by atoms with Gasteiger partial charge in [-0.3, -0.25) is 4.79 Å². The lowest BCUT2D eigenvalue weighted by molar-refractivity contribution is -0.118. The van der Waals surface area contributed by atoms with Crippen LogP contribution in [-0.4, -0.2) is 11.9 Å². The summed E-state index contributed by atoms with van der Waals surface area (Å²) in [6.45, 7) is 2.16. The van der Waals surface area contributed by atoms with Gasteiger partial charge in [-0.15, -0.1) is 11.3 Å². The highest BCUT2D eigenvalue weighted by atomic mass is 79.9. The second-order valence-corrected chi connectivity index (χ2v) is 7.04. The Morgan fingerprint density at radius 2 is 2.30 bits per heavy atom. The van der Waals surface area contributed by atoms with E-state index in [2.05, 4.69) is 28.2 Å². The summed E-state index contributed by atoms with van der Waals surface area (Å²) in [4.78, 5) is 13.1. The van der Waals surface area contributed by atoms with Gasteiger partial charge in [0.15, 0.2) is 0 Å². The van der Waals surface area contributed by atoms with Crippen LogP contribution >= 0.6 is 27.3 Å². The zero-order valence-corrected chi connectivity index (χ0v) is 13.8. The van der Waals surface area contributed by atoms with Crippen LogP contribution in [0.5, 0.6) is 0 Å². The van der Waals surface area contributed by atoms with Crippen molar-refractivity contribution in [3.63, 3.8) is 0 Å². The molecule has 2 atom stereocenters. The average molecular weight is 353 g/mol. The van der Waals surface area contributed by atoms with Gasteiger partial charge in [0.25, 0.3) is 5.91 Å². The molecule has 1 fully saturated rings. The van der Waals surface area contributed by atoms with Crippen molar-refractivity contribution in [2.45, 2.75) is 38.6 Å². The number of hydrogen-bond acceptors (Lipinski definition) is 3. The summed E-state index contributed by atoms with van der Waals surface area (Å²) in [5.41, 5.74) is 0.178. The van der Waals surface area contributed by atoms with Crippen LogP contribution in [0.4, 0.5) is 0 Å². The minimum Gasteiger partial charge on any atom is -0.348 e. The number of rotatable bonds is 3. The molecule has 1 saturated carbocycles. The molecule has 1 aromatic rings. The first-order valence-corrected chi connectivity index (χ1v) is 8.44. The fourth-order valence-corrected chi connectivity index (χ4v) is 3.85. The van der Waals surface area contributed by atoms with E-state index in [4.69, 9.17) is 0 Å². The summed E-state index contributed by atoms with van der Waals surface area (Å²) >= 11 is 4.87. The molecular weight excluding hydrogens is 336 g/mol. The van der Waals surface area contributed by atoms with Gasteiger partial charge in [-0.25, -0.2) is 0 Å². The summed E-state index contributed by atoms with van der Waals surface area (Å²) in [5.74, 6) is 0.235. The second-order valence-electron chi connectivity index (χ2n) is 5.18. The van der Waals surface area contributed by atoms with Crippen LogP contribution in [0, 0.1) is 17.2 Å². The van der Waals surface area contributed by atoms with Crippen molar-refractivity contribution in [3.8, 4) is 6.07 Å². The third-order valence-corrected chi connectivity index (χ3v) is 5.31. The van der Waals surface area contributed by atoms with Crippen LogP contribution in [0.3, 0.4) is 0 Å². The number of carbonyl (C=O) groups excluding carboxylic acids is 1. The molecule has 1 aromatic heterocycles. The smallest absolute Gasteiger partial charge is 0.262 e. The minimum absolute atomic E-state index is 0.178. The molecule has 1 aliphatic rings. The lowest BCUT2D eigenvalue weighted by Gasteiger charge is -2.29. The van der Waals surface area contributed by atoms with E-state index in [-0.39, 0.29) is 17.5 Å². The van der Waals surface area contributed by atoms with Crippen LogP contribution in [0.15, 0.2) is 21.5 Å². The Kier molecular flexibility index (Phi) is 5.38. The highest BCUT2D eigenvalue weighted by Crippen LogP contribution is 2.25. The molecule has 0 aliphatic heterocycles. The SMILES string of the molecule is C[C@@H]1CCCC[C@H]1NC(=O)/C(C#N)=C/c1cc(Br)cs1. The normalized spacial score (nSPS) is 23.1. The number of hydrogen-bond donors (Lipinski definition) is 1. The van der Waals surface area contributed by atoms with Gasteiger partial charge in [0.05, 0.1) is 0 Å². The number of thiophene rings is 1. The number of amides is 1. The number of nitrogens with zero attached hydrogens (tertiary/aromatic N) is 1. The molecule has 2 rings (SSSR count). The summed E-state index contributed by atoms with van der Waals surface area (Å²) in [6, 6.07) is 4.10. The van der Waals surface area contributed by atoms with E-state index >= 15 is 0 Å². The van der Waals surface area contributed by atoms with Gasteiger partial charge in [0.1, 0.15) is 11.6 Å². The third-order valence-electron chi connectivity index (χ3n) is 3.67. The maximum absolute atomic E-state index is 12.2. The van der Waals surface area contributed by atoms with Crippen LogP contribution in [0.2, 0.25) is 0 Å². The molecule has 106 valence electrons. The Morgan fingerprint density at radius 3 is 2.90 bits per heavy atom. The van der Waals surface area contributed by atoms with Crippen LogP contribution in [0.1, 0.15) is 37.5 Å². The monoisotopic (exact) mass is 352 g/mol. The number of nitriles is 1. The number of nitrogens with one attached hydrogen (secondary N) is 1. The minimum atomic E-state index is -0.254.